The van der Waals surface area contributed by atoms with Crippen molar-refractivity contribution in [3.8, 4) is 16.9 Å². The van der Waals surface area contributed by atoms with Gasteiger partial charge < -0.3 is 14.8 Å². The Kier molecular flexibility index (Phi) is 4.65. The molecule has 0 unspecified atom stereocenters. The van der Waals surface area contributed by atoms with E-state index < -0.39 is 17.7 Å². The SMILES string of the molecule is Cc1nn(C)cc1-c1ccn(-c2ccc(NC=C3C(=O)OC(C)(C)OC3=O)cc2)n1. The first kappa shape index (κ1) is 19.4. The number of aromatic nitrogens is 4. The Morgan fingerprint density at radius 2 is 1.70 bits per heavy atom. The van der Waals surface area contributed by atoms with Crippen LogP contribution in [0.3, 0.4) is 0 Å². The van der Waals surface area contributed by atoms with Crippen LogP contribution in [0.4, 0.5) is 5.69 Å². The van der Waals surface area contributed by atoms with Gasteiger partial charge in [-0.2, -0.15) is 10.2 Å². The number of carbonyl (C=O) groups excluding carboxylic acids is 2. The van der Waals surface area contributed by atoms with Gasteiger partial charge in [0.15, 0.2) is 5.57 Å². The van der Waals surface area contributed by atoms with Gasteiger partial charge in [-0.15, -0.1) is 0 Å². The summed E-state index contributed by atoms with van der Waals surface area (Å²) >= 11 is 0. The van der Waals surface area contributed by atoms with Crippen LogP contribution in [0, 0.1) is 6.92 Å². The number of carbonyl (C=O) groups is 2. The van der Waals surface area contributed by atoms with Crippen LogP contribution in [0.2, 0.25) is 0 Å². The number of nitrogens with one attached hydrogen (secondary N) is 1. The summed E-state index contributed by atoms with van der Waals surface area (Å²) in [6.45, 7) is 4.95. The number of anilines is 1. The quantitative estimate of drug-likeness (QED) is 0.403. The van der Waals surface area contributed by atoms with Gasteiger partial charge >= 0.3 is 11.9 Å². The summed E-state index contributed by atoms with van der Waals surface area (Å²) < 4.78 is 13.7. The first-order valence-corrected chi connectivity index (χ1v) is 9.32. The lowest BCUT2D eigenvalue weighted by atomic mass is 10.2. The number of ether oxygens (including phenoxy) is 2. The van der Waals surface area contributed by atoms with Gasteiger partial charge in [0.1, 0.15) is 0 Å². The molecule has 1 aliphatic heterocycles. The zero-order valence-electron chi connectivity index (χ0n) is 17.0. The molecule has 0 spiro atoms. The van der Waals surface area contributed by atoms with Crippen LogP contribution in [0.5, 0.6) is 0 Å². The molecule has 9 nitrogen and oxygen atoms in total. The largest absolute Gasteiger partial charge is 0.419 e. The minimum Gasteiger partial charge on any atom is -0.419 e. The van der Waals surface area contributed by atoms with Gasteiger partial charge in [0.2, 0.25) is 0 Å². The molecule has 30 heavy (non-hydrogen) atoms. The van der Waals surface area contributed by atoms with Gasteiger partial charge in [-0.1, -0.05) is 0 Å². The van der Waals surface area contributed by atoms with E-state index in [4.69, 9.17) is 9.47 Å². The molecule has 1 N–H and O–H groups in total. The minimum atomic E-state index is -1.26. The summed E-state index contributed by atoms with van der Waals surface area (Å²) in [7, 11) is 1.88. The average molecular weight is 407 g/mol. The van der Waals surface area contributed by atoms with Crippen LogP contribution in [-0.4, -0.2) is 37.3 Å². The number of benzene rings is 1. The lowest BCUT2D eigenvalue weighted by molar-refractivity contribution is -0.222. The van der Waals surface area contributed by atoms with Gasteiger partial charge in [0.25, 0.3) is 5.79 Å². The molecule has 1 saturated heterocycles. The number of aryl methyl sites for hydroxylation is 2. The molecule has 1 aliphatic rings. The average Bonchev–Trinajstić information content (AvgIpc) is 3.26. The Bertz CT molecular complexity index is 1130. The summed E-state index contributed by atoms with van der Waals surface area (Å²) in [5.41, 5.74) is 4.09. The molecule has 0 aliphatic carbocycles. The van der Waals surface area contributed by atoms with Crippen molar-refractivity contribution in [1.29, 1.82) is 0 Å². The first-order valence-electron chi connectivity index (χ1n) is 9.32. The van der Waals surface area contributed by atoms with Crippen molar-refractivity contribution in [1.82, 2.24) is 19.6 Å². The topological polar surface area (TPSA) is 100 Å². The molecular formula is C21H21N5O4. The van der Waals surface area contributed by atoms with Crippen LogP contribution in [0.25, 0.3) is 16.9 Å². The third-order valence-corrected chi connectivity index (χ3v) is 4.51. The van der Waals surface area contributed by atoms with E-state index >= 15 is 0 Å². The number of esters is 2. The van der Waals surface area contributed by atoms with E-state index in [0.717, 1.165) is 22.6 Å². The van der Waals surface area contributed by atoms with E-state index in [-0.39, 0.29) is 5.57 Å². The molecule has 0 atom stereocenters. The first-order chi connectivity index (χ1) is 14.2. The molecule has 0 bridgehead atoms. The van der Waals surface area contributed by atoms with Gasteiger partial charge in [-0.3, -0.25) is 4.68 Å². The maximum atomic E-state index is 12.0. The second-order valence-electron chi connectivity index (χ2n) is 7.38. The van der Waals surface area contributed by atoms with Crippen LogP contribution in [0.1, 0.15) is 19.5 Å². The van der Waals surface area contributed by atoms with E-state index in [2.05, 4.69) is 15.5 Å². The highest BCUT2D eigenvalue weighted by Gasteiger charge is 2.38. The smallest absolute Gasteiger partial charge is 0.350 e. The van der Waals surface area contributed by atoms with Crippen molar-refractivity contribution in [2.45, 2.75) is 26.6 Å². The Morgan fingerprint density at radius 3 is 2.30 bits per heavy atom. The fourth-order valence-electron chi connectivity index (χ4n) is 3.11. The highest BCUT2D eigenvalue weighted by atomic mass is 16.7. The number of cyclic esters (lactones) is 2. The Hall–Kier alpha value is -3.88. The van der Waals surface area contributed by atoms with Gasteiger partial charge in [-0.05, 0) is 37.3 Å². The zero-order valence-corrected chi connectivity index (χ0v) is 17.0. The van der Waals surface area contributed by atoms with Crippen LogP contribution in [-0.2, 0) is 26.1 Å². The molecule has 2 aromatic heterocycles. The van der Waals surface area contributed by atoms with Crippen molar-refractivity contribution < 1.29 is 19.1 Å². The molecule has 3 aromatic rings. The second kappa shape index (κ2) is 7.18. The molecule has 0 radical (unpaired) electrons. The van der Waals surface area contributed by atoms with Crippen LogP contribution < -0.4 is 5.32 Å². The van der Waals surface area contributed by atoms with E-state index in [0.29, 0.717) is 5.69 Å². The fourth-order valence-corrected chi connectivity index (χ4v) is 3.11. The highest BCUT2D eigenvalue weighted by Crippen LogP contribution is 2.24. The summed E-state index contributed by atoms with van der Waals surface area (Å²) in [5, 5.41) is 11.9. The Labute approximate surface area is 172 Å². The molecule has 1 aromatic carbocycles. The molecular weight excluding hydrogens is 386 g/mol. The standard InChI is InChI=1S/C21H21N5O4/c1-13-17(12-25(4)23-13)18-9-10-26(24-18)15-7-5-14(6-8-15)22-11-16-19(27)29-21(2,3)30-20(16)28/h5-12,22H,1-4H3. The van der Waals surface area contributed by atoms with E-state index in [1.54, 1.807) is 9.36 Å². The van der Waals surface area contributed by atoms with E-state index in [1.807, 2.05) is 56.7 Å². The maximum absolute atomic E-state index is 12.0. The van der Waals surface area contributed by atoms with Crippen molar-refractivity contribution in [2.24, 2.45) is 7.05 Å². The van der Waals surface area contributed by atoms with Crippen molar-refractivity contribution >= 4 is 17.6 Å². The number of hydrogen-bond donors (Lipinski definition) is 1. The summed E-state index contributed by atoms with van der Waals surface area (Å²) in [4.78, 5) is 24.0. The van der Waals surface area contributed by atoms with E-state index in [9.17, 15) is 9.59 Å². The Balaban J connectivity index is 1.48. The molecule has 3 heterocycles. The summed E-state index contributed by atoms with van der Waals surface area (Å²) in [6.07, 6.45) is 5.10. The van der Waals surface area contributed by atoms with E-state index in [1.165, 1.54) is 20.0 Å². The zero-order chi connectivity index (χ0) is 21.5. The van der Waals surface area contributed by atoms with Crippen molar-refractivity contribution in [3.05, 3.63) is 60.2 Å². The molecule has 0 saturated carbocycles. The number of rotatable bonds is 4. The Morgan fingerprint density at radius 1 is 1.03 bits per heavy atom. The lowest BCUT2D eigenvalue weighted by Crippen LogP contribution is -2.42. The third-order valence-electron chi connectivity index (χ3n) is 4.51. The summed E-state index contributed by atoms with van der Waals surface area (Å²) in [6, 6.07) is 9.30. The van der Waals surface area contributed by atoms with Gasteiger partial charge in [0, 0.05) is 50.7 Å². The molecule has 4 rings (SSSR count). The molecule has 9 heteroatoms. The molecule has 0 amide bonds. The molecule has 1 fully saturated rings. The summed E-state index contributed by atoms with van der Waals surface area (Å²) in [5.74, 6) is -2.71. The van der Waals surface area contributed by atoms with Gasteiger partial charge in [-0.25, -0.2) is 14.3 Å². The number of nitrogens with zero attached hydrogens (tertiary/aromatic N) is 4. The lowest BCUT2D eigenvalue weighted by Gasteiger charge is -2.29. The predicted molar refractivity (Wildman–Crippen MR) is 108 cm³/mol. The molecule has 154 valence electrons. The van der Waals surface area contributed by atoms with Crippen LogP contribution >= 0.6 is 0 Å². The predicted octanol–water partition coefficient (Wildman–Crippen LogP) is 2.71. The highest BCUT2D eigenvalue weighted by molar-refractivity contribution is 6.15. The van der Waals surface area contributed by atoms with Gasteiger partial charge in [0.05, 0.1) is 17.1 Å². The van der Waals surface area contributed by atoms with Crippen LogP contribution in [0.15, 0.2) is 54.5 Å². The monoisotopic (exact) mass is 407 g/mol. The maximum Gasteiger partial charge on any atom is 0.350 e. The fraction of sp³-hybridized carbons (Fsp3) is 0.238. The minimum absolute atomic E-state index is 0.193. The van der Waals surface area contributed by atoms with Crippen molar-refractivity contribution in [3.63, 3.8) is 0 Å². The second-order valence-corrected chi connectivity index (χ2v) is 7.38. The van der Waals surface area contributed by atoms with Crippen molar-refractivity contribution in [2.75, 3.05) is 5.32 Å². The normalized spacial score (nSPS) is 15.5. The third kappa shape index (κ3) is 3.82. The number of hydrogen-bond acceptors (Lipinski definition) is 7.